The molecule has 0 aliphatic carbocycles. The fourth-order valence-electron chi connectivity index (χ4n) is 2.49. The van der Waals surface area contributed by atoms with Gasteiger partial charge in [0, 0.05) is 24.7 Å². The highest BCUT2D eigenvalue weighted by molar-refractivity contribution is 5.14. The first-order valence-corrected chi connectivity index (χ1v) is 7.99. The maximum Gasteiger partial charge on any atom is 0.0237 e. The lowest BCUT2D eigenvalue weighted by Crippen LogP contribution is -2.47. The molecule has 1 rings (SSSR count). The van der Waals surface area contributed by atoms with Crippen LogP contribution in [0.15, 0.2) is 30.3 Å². The normalized spacial score (nSPS) is 13.7. The van der Waals surface area contributed by atoms with E-state index in [0.717, 1.165) is 19.6 Å². The van der Waals surface area contributed by atoms with E-state index in [0.29, 0.717) is 6.04 Å². The third-order valence-corrected chi connectivity index (χ3v) is 3.64. The van der Waals surface area contributed by atoms with Crippen molar-refractivity contribution in [2.45, 2.75) is 65.6 Å². The lowest BCUT2D eigenvalue weighted by Gasteiger charge is -2.33. The van der Waals surface area contributed by atoms with Crippen molar-refractivity contribution in [3.63, 3.8) is 0 Å². The van der Waals surface area contributed by atoms with Gasteiger partial charge in [-0.05, 0) is 39.3 Å². The summed E-state index contributed by atoms with van der Waals surface area (Å²) in [4.78, 5) is 2.59. The summed E-state index contributed by atoms with van der Waals surface area (Å²) in [6, 6.07) is 11.4. The van der Waals surface area contributed by atoms with Gasteiger partial charge in [-0.15, -0.1) is 0 Å². The molecule has 114 valence electrons. The van der Waals surface area contributed by atoms with E-state index in [2.05, 4.69) is 75.2 Å². The average Bonchev–Trinajstić information content (AvgIpc) is 2.41. The first-order chi connectivity index (χ1) is 9.46. The zero-order chi connectivity index (χ0) is 15.0. The average molecular weight is 276 g/mol. The van der Waals surface area contributed by atoms with Crippen LogP contribution in [0.4, 0.5) is 0 Å². The molecular formula is C18H32N2. The third kappa shape index (κ3) is 6.53. The topological polar surface area (TPSA) is 15.3 Å². The molecule has 0 fully saturated rings. The number of nitrogens with one attached hydrogen (secondary N) is 1. The van der Waals surface area contributed by atoms with Crippen molar-refractivity contribution >= 4 is 0 Å². The quantitative estimate of drug-likeness (QED) is 0.770. The van der Waals surface area contributed by atoms with E-state index in [9.17, 15) is 0 Å². The van der Waals surface area contributed by atoms with Crippen LogP contribution in [0.3, 0.4) is 0 Å². The number of benzene rings is 1. The monoisotopic (exact) mass is 276 g/mol. The van der Waals surface area contributed by atoms with Gasteiger partial charge >= 0.3 is 0 Å². The van der Waals surface area contributed by atoms with Crippen molar-refractivity contribution in [3.8, 4) is 0 Å². The highest BCUT2D eigenvalue weighted by atomic mass is 15.2. The van der Waals surface area contributed by atoms with Crippen LogP contribution in [-0.4, -0.2) is 29.6 Å². The Bertz CT molecular complexity index is 353. The summed E-state index contributed by atoms with van der Waals surface area (Å²) in [5, 5.41) is 3.67. The summed E-state index contributed by atoms with van der Waals surface area (Å²) >= 11 is 0. The zero-order valence-electron chi connectivity index (χ0n) is 13.9. The van der Waals surface area contributed by atoms with E-state index < -0.39 is 0 Å². The molecule has 0 bridgehead atoms. The third-order valence-electron chi connectivity index (χ3n) is 3.64. The molecule has 0 aliphatic heterocycles. The van der Waals surface area contributed by atoms with Crippen molar-refractivity contribution in [2.24, 2.45) is 0 Å². The Morgan fingerprint density at radius 2 is 1.75 bits per heavy atom. The second-order valence-corrected chi connectivity index (χ2v) is 6.62. The Hall–Kier alpha value is -0.860. The van der Waals surface area contributed by atoms with Gasteiger partial charge in [-0.25, -0.2) is 0 Å². The second kappa shape index (κ2) is 8.43. The summed E-state index contributed by atoms with van der Waals surface area (Å²) in [6.45, 7) is 14.5. The molecule has 1 unspecified atom stereocenters. The van der Waals surface area contributed by atoms with Gasteiger partial charge in [0.2, 0.25) is 0 Å². The predicted molar refractivity (Wildman–Crippen MR) is 89.0 cm³/mol. The maximum absolute atomic E-state index is 3.67. The Balaban J connectivity index is 2.65. The number of rotatable bonds is 8. The van der Waals surface area contributed by atoms with E-state index in [1.54, 1.807) is 0 Å². The molecule has 20 heavy (non-hydrogen) atoms. The molecule has 0 aromatic heterocycles. The molecule has 0 aliphatic rings. The molecule has 1 atom stereocenters. The Kier molecular flexibility index (Phi) is 7.25. The summed E-state index contributed by atoms with van der Waals surface area (Å²) in [5.41, 5.74) is 1.60. The predicted octanol–water partition coefficient (Wildman–Crippen LogP) is 4.07. The molecule has 1 aromatic carbocycles. The van der Waals surface area contributed by atoms with E-state index in [1.807, 2.05) is 0 Å². The fraction of sp³-hybridized carbons (Fsp3) is 0.667. The standard InChI is InChI=1S/C18H32N2/c1-6-11-17(14-19-18(3,4)5)20(7-2)15-16-12-9-8-10-13-16/h8-10,12-13,17,19H,6-7,11,14-15H2,1-5H3. The Morgan fingerprint density at radius 3 is 2.25 bits per heavy atom. The first kappa shape index (κ1) is 17.2. The van der Waals surface area contributed by atoms with Crippen LogP contribution in [-0.2, 0) is 6.54 Å². The highest BCUT2D eigenvalue weighted by Gasteiger charge is 2.19. The van der Waals surface area contributed by atoms with Crippen LogP contribution in [0.25, 0.3) is 0 Å². The van der Waals surface area contributed by atoms with Crippen LogP contribution < -0.4 is 5.32 Å². The zero-order valence-corrected chi connectivity index (χ0v) is 13.9. The van der Waals surface area contributed by atoms with Crippen LogP contribution in [0.1, 0.15) is 53.0 Å². The fourth-order valence-corrected chi connectivity index (χ4v) is 2.49. The van der Waals surface area contributed by atoms with E-state index in [4.69, 9.17) is 0 Å². The molecule has 0 radical (unpaired) electrons. The minimum Gasteiger partial charge on any atom is -0.311 e. The lowest BCUT2D eigenvalue weighted by molar-refractivity contribution is 0.172. The maximum atomic E-state index is 3.67. The van der Waals surface area contributed by atoms with E-state index in [-0.39, 0.29) is 5.54 Å². The molecule has 0 spiro atoms. The number of likely N-dealkylation sites (N-methyl/N-ethyl adjacent to an activating group) is 1. The molecule has 1 N–H and O–H groups in total. The van der Waals surface area contributed by atoms with E-state index >= 15 is 0 Å². The number of hydrogen-bond acceptors (Lipinski definition) is 2. The van der Waals surface area contributed by atoms with Crippen molar-refractivity contribution in [2.75, 3.05) is 13.1 Å². The SMILES string of the molecule is CCCC(CNC(C)(C)C)N(CC)Cc1ccccc1. The Morgan fingerprint density at radius 1 is 1.10 bits per heavy atom. The van der Waals surface area contributed by atoms with Crippen molar-refractivity contribution < 1.29 is 0 Å². The van der Waals surface area contributed by atoms with Crippen molar-refractivity contribution in [3.05, 3.63) is 35.9 Å². The molecule has 0 saturated heterocycles. The van der Waals surface area contributed by atoms with Gasteiger partial charge in [-0.3, -0.25) is 4.90 Å². The molecule has 2 nitrogen and oxygen atoms in total. The largest absolute Gasteiger partial charge is 0.311 e. The summed E-state index contributed by atoms with van der Waals surface area (Å²) in [6.07, 6.45) is 2.49. The summed E-state index contributed by atoms with van der Waals surface area (Å²) in [5.74, 6) is 0. The van der Waals surface area contributed by atoms with Crippen LogP contribution in [0, 0.1) is 0 Å². The number of hydrogen-bond donors (Lipinski definition) is 1. The first-order valence-electron chi connectivity index (χ1n) is 7.99. The number of nitrogens with zero attached hydrogens (tertiary/aromatic N) is 1. The van der Waals surface area contributed by atoms with Gasteiger partial charge in [0.25, 0.3) is 0 Å². The molecule has 2 heteroatoms. The smallest absolute Gasteiger partial charge is 0.0237 e. The van der Waals surface area contributed by atoms with Crippen LogP contribution in [0.2, 0.25) is 0 Å². The van der Waals surface area contributed by atoms with Gasteiger partial charge in [0.05, 0.1) is 0 Å². The molecule has 0 saturated carbocycles. The second-order valence-electron chi connectivity index (χ2n) is 6.62. The van der Waals surface area contributed by atoms with Crippen LogP contribution in [0.5, 0.6) is 0 Å². The van der Waals surface area contributed by atoms with Gasteiger partial charge in [-0.2, -0.15) is 0 Å². The minimum absolute atomic E-state index is 0.193. The minimum atomic E-state index is 0.193. The van der Waals surface area contributed by atoms with Crippen molar-refractivity contribution in [1.29, 1.82) is 0 Å². The lowest BCUT2D eigenvalue weighted by atomic mass is 10.0. The highest BCUT2D eigenvalue weighted by Crippen LogP contribution is 2.13. The van der Waals surface area contributed by atoms with Gasteiger partial charge in [0.1, 0.15) is 0 Å². The van der Waals surface area contributed by atoms with E-state index in [1.165, 1.54) is 18.4 Å². The van der Waals surface area contributed by atoms with Gasteiger partial charge in [0.15, 0.2) is 0 Å². The van der Waals surface area contributed by atoms with Gasteiger partial charge < -0.3 is 5.32 Å². The molecule has 0 heterocycles. The molecular weight excluding hydrogens is 244 g/mol. The van der Waals surface area contributed by atoms with Crippen molar-refractivity contribution in [1.82, 2.24) is 10.2 Å². The Labute approximate surface area is 125 Å². The van der Waals surface area contributed by atoms with Crippen LogP contribution >= 0.6 is 0 Å². The summed E-state index contributed by atoms with van der Waals surface area (Å²) < 4.78 is 0. The molecule has 0 amide bonds. The molecule has 1 aromatic rings. The summed E-state index contributed by atoms with van der Waals surface area (Å²) in [7, 11) is 0. The van der Waals surface area contributed by atoms with Gasteiger partial charge in [-0.1, -0.05) is 50.6 Å².